The molecule has 9 heteroatoms. The van der Waals surface area contributed by atoms with E-state index in [0.29, 0.717) is 23.2 Å². The zero-order chi connectivity index (χ0) is 18.1. The van der Waals surface area contributed by atoms with Crippen molar-refractivity contribution in [1.82, 2.24) is 10.4 Å². The molecule has 0 radical (unpaired) electrons. The van der Waals surface area contributed by atoms with Gasteiger partial charge in [0.1, 0.15) is 11.6 Å². The van der Waals surface area contributed by atoms with Gasteiger partial charge in [-0.3, -0.25) is 20.4 Å². The standard InChI is InChI=1S/C15H25N5O3S/c1-10-5-12(10)9-19(2)14-6-11(13(21)8-17-16)7-15(18-14)20(3)24(4,22)23/h6-7,10,12,17H,5,8-9,16H2,1-4H3. The predicted molar refractivity (Wildman–Crippen MR) is 94.5 cm³/mol. The third kappa shape index (κ3) is 4.43. The number of rotatable bonds is 8. The topological polar surface area (TPSA) is 109 Å². The van der Waals surface area contributed by atoms with Crippen molar-refractivity contribution in [3.8, 4) is 0 Å². The minimum Gasteiger partial charge on any atom is -0.359 e. The van der Waals surface area contributed by atoms with Gasteiger partial charge in [0, 0.05) is 26.2 Å². The Morgan fingerprint density at radius 2 is 1.96 bits per heavy atom. The van der Waals surface area contributed by atoms with Crippen LogP contribution in [0, 0.1) is 11.8 Å². The number of anilines is 2. The quantitative estimate of drug-likeness (QED) is 0.390. The molecular formula is C15H25N5O3S. The second-order valence-corrected chi connectivity index (χ2v) is 8.47. The van der Waals surface area contributed by atoms with Crippen molar-refractivity contribution in [3.63, 3.8) is 0 Å². The summed E-state index contributed by atoms with van der Waals surface area (Å²) in [7, 11) is -0.159. The number of sulfonamides is 1. The summed E-state index contributed by atoms with van der Waals surface area (Å²) in [5.74, 6) is 7.08. The lowest BCUT2D eigenvalue weighted by Crippen LogP contribution is -2.31. The summed E-state index contributed by atoms with van der Waals surface area (Å²) in [6.45, 7) is 2.99. The van der Waals surface area contributed by atoms with Gasteiger partial charge in [0.25, 0.3) is 0 Å². The fourth-order valence-electron chi connectivity index (χ4n) is 2.48. The van der Waals surface area contributed by atoms with Crippen LogP contribution in [0.15, 0.2) is 12.1 Å². The number of pyridine rings is 1. The number of ketones is 1. The van der Waals surface area contributed by atoms with Crippen LogP contribution in [0.4, 0.5) is 11.6 Å². The molecule has 3 N–H and O–H groups in total. The van der Waals surface area contributed by atoms with E-state index in [0.717, 1.165) is 17.1 Å². The molecule has 2 unspecified atom stereocenters. The van der Waals surface area contributed by atoms with E-state index in [2.05, 4.69) is 17.3 Å². The highest BCUT2D eigenvalue weighted by atomic mass is 32.2. The molecule has 8 nitrogen and oxygen atoms in total. The summed E-state index contributed by atoms with van der Waals surface area (Å²) < 4.78 is 24.7. The molecule has 1 heterocycles. The lowest BCUT2D eigenvalue weighted by Gasteiger charge is -2.22. The number of nitrogens with one attached hydrogen (secondary N) is 1. The van der Waals surface area contributed by atoms with Crippen LogP contribution in [0.25, 0.3) is 0 Å². The number of hydrogen-bond donors (Lipinski definition) is 2. The normalized spacial score (nSPS) is 19.9. The van der Waals surface area contributed by atoms with Crippen LogP contribution >= 0.6 is 0 Å². The van der Waals surface area contributed by atoms with Crippen molar-refractivity contribution in [2.45, 2.75) is 13.3 Å². The number of aromatic nitrogens is 1. The van der Waals surface area contributed by atoms with E-state index in [-0.39, 0.29) is 18.1 Å². The minimum atomic E-state index is -3.47. The van der Waals surface area contributed by atoms with Crippen LogP contribution in [0.1, 0.15) is 23.7 Å². The SMILES string of the molecule is CC1CC1CN(C)c1cc(C(=O)CNN)cc(N(C)S(C)(=O)=O)n1. The highest BCUT2D eigenvalue weighted by molar-refractivity contribution is 7.92. The summed E-state index contributed by atoms with van der Waals surface area (Å²) in [5.41, 5.74) is 2.70. The molecule has 1 aromatic heterocycles. The zero-order valence-corrected chi connectivity index (χ0v) is 15.3. The van der Waals surface area contributed by atoms with E-state index in [1.807, 2.05) is 11.9 Å². The first-order valence-corrected chi connectivity index (χ1v) is 9.62. The number of nitrogens with two attached hydrogens (primary N) is 1. The molecule has 134 valence electrons. The molecule has 0 aliphatic heterocycles. The van der Waals surface area contributed by atoms with Crippen LogP contribution in [0.5, 0.6) is 0 Å². The maximum atomic E-state index is 12.2. The van der Waals surface area contributed by atoms with Crippen molar-refractivity contribution >= 4 is 27.4 Å². The maximum Gasteiger partial charge on any atom is 0.233 e. The Morgan fingerprint density at radius 3 is 2.46 bits per heavy atom. The Morgan fingerprint density at radius 1 is 1.38 bits per heavy atom. The minimum absolute atomic E-state index is 0.0329. The molecular weight excluding hydrogens is 330 g/mol. The Labute approximate surface area is 143 Å². The molecule has 1 fully saturated rings. The number of hydrazine groups is 1. The first kappa shape index (κ1) is 18.6. The van der Waals surface area contributed by atoms with Gasteiger partial charge in [0.2, 0.25) is 10.0 Å². The van der Waals surface area contributed by atoms with E-state index in [1.54, 1.807) is 6.07 Å². The molecule has 0 bridgehead atoms. The third-order valence-electron chi connectivity index (χ3n) is 4.38. The molecule has 2 atom stereocenters. The Bertz CT molecular complexity index is 722. The van der Waals surface area contributed by atoms with E-state index in [9.17, 15) is 13.2 Å². The van der Waals surface area contributed by atoms with E-state index in [1.165, 1.54) is 19.5 Å². The summed E-state index contributed by atoms with van der Waals surface area (Å²) >= 11 is 0. The Kier molecular flexibility index (Phi) is 5.46. The summed E-state index contributed by atoms with van der Waals surface area (Å²) in [6, 6.07) is 3.14. The Hall–Kier alpha value is -1.71. The highest BCUT2D eigenvalue weighted by Crippen LogP contribution is 2.38. The number of nitrogens with zero attached hydrogens (tertiary/aromatic N) is 3. The third-order valence-corrected chi connectivity index (χ3v) is 5.56. The van der Waals surface area contributed by atoms with Gasteiger partial charge in [0.05, 0.1) is 12.8 Å². The van der Waals surface area contributed by atoms with Gasteiger partial charge in [-0.05, 0) is 30.4 Å². The number of carbonyl (C=O) groups is 1. The van der Waals surface area contributed by atoms with Crippen LogP contribution in [-0.2, 0) is 10.0 Å². The van der Waals surface area contributed by atoms with Crippen LogP contribution in [0.2, 0.25) is 0 Å². The molecule has 0 amide bonds. The maximum absolute atomic E-state index is 12.2. The Balaban J connectivity index is 2.37. The van der Waals surface area contributed by atoms with Crippen molar-refractivity contribution < 1.29 is 13.2 Å². The first-order valence-electron chi connectivity index (χ1n) is 7.77. The number of hydrogen-bond acceptors (Lipinski definition) is 7. The van der Waals surface area contributed by atoms with Crippen LogP contribution < -0.4 is 20.5 Å². The summed E-state index contributed by atoms with van der Waals surface area (Å²) in [5, 5.41) is 0. The van der Waals surface area contributed by atoms with E-state index >= 15 is 0 Å². The van der Waals surface area contributed by atoms with Gasteiger partial charge in [-0.1, -0.05) is 6.92 Å². The monoisotopic (exact) mass is 355 g/mol. The van der Waals surface area contributed by atoms with Crippen molar-refractivity contribution in [2.24, 2.45) is 17.7 Å². The second kappa shape index (κ2) is 7.04. The molecule has 0 aromatic carbocycles. The number of carbonyl (C=O) groups excluding carboxylic acids is 1. The largest absolute Gasteiger partial charge is 0.359 e. The molecule has 1 saturated carbocycles. The molecule has 1 aromatic rings. The van der Waals surface area contributed by atoms with Crippen LogP contribution in [0.3, 0.4) is 0 Å². The molecule has 0 spiro atoms. The molecule has 0 saturated heterocycles. The first-order chi connectivity index (χ1) is 11.1. The average molecular weight is 355 g/mol. The van der Waals surface area contributed by atoms with Crippen LogP contribution in [-0.4, -0.2) is 52.6 Å². The van der Waals surface area contributed by atoms with Gasteiger partial charge < -0.3 is 4.90 Å². The van der Waals surface area contributed by atoms with Crippen molar-refractivity contribution in [3.05, 3.63) is 17.7 Å². The van der Waals surface area contributed by atoms with Crippen molar-refractivity contribution in [1.29, 1.82) is 0 Å². The van der Waals surface area contributed by atoms with Gasteiger partial charge in [-0.15, -0.1) is 0 Å². The van der Waals surface area contributed by atoms with E-state index < -0.39 is 10.0 Å². The summed E-state index contributed by atoms with van der Waals surface area (Å²) in [4.78, 5) is 18.5. The van der Waals surface area contributed by atoms with Crippen molar-refractivity contribution in [2.75, 3.05) is 42.6 Å². The van der Waals surface area contributed by atoms with E-state index in [4.69, 9.17) is 5.84 Å². The average Bonchev–Trinajstić information content (AvgIpc) is 3.20. The lowest BCUT2D eigenvalue weighted by atomic mass is 10.1. The molecule has 1 aliphatic rings. The highest BCUT2D eigenvalue weighted by Gasteiger charge is 2.33. The van der Waals surface area contributed by atoms with Gasteiger partial charge in [-0.2, -0.15) is 0 Å². The second-order valence-electron chi connectivity index (χ2n) is 6.46. The zero-order valence-electron chi connectivity index (χ0n) is 14.5. The molecule has 24 heavy (non-hydrogen) atoms. The number of Topliss-reactive ketones (excluding diaryl/α,β-unsaturated/α-hetero) is 1. The summed E-state index contributed by atoms with van der Waals surface area (Å²) in [6.07, 6.45) is 2.27. The fourth-order valence-corrected chi connectivity index (χ4v) is 2.92. The fraction of sp³-hybridized carbons (Fsp3) is 0.600. The van der Waals surface area contributed by atoms with Gasteiger partial charge in [-0.25, -0.2) is 13.4 Å². The molecule has 2 rings (SSSR count). The van der Waals surface area contributed by atoms with Gasteiger partial charge >= 0.3 is 0 Å². The predicted octanol–water partition coefficient (Wildman–Crippen LogP) is 0.216. The lowest BCUT2D eigenvalue weighted by molar-refractivity contribution is 0.0991. The van der Waals surface area contributed by atoms with Gasteiger partial charge in [0.15, 0.2) is 5.78 Å². The smallest absolute Gasteiger partial charge is 0.233 e. The molecule has 1 aliphatic carbocycles.